The van der Waals surface area contributed by atoms with Gasteiger partial charge in [0.2, 0.25) is 0 Å². The molecule has 6 heteroatoms. The van der Waals surface area contributed by atoms with Gasteiger partial charge in [0.25, 0.3) is 0 Å². The molecule has 1 atom stereocenters. The minimum atomic E-state index is -0.273. The highest BCUT2D eigenvalue weighted by Crippen LogP contribution is 2.65. The van der Waals surface area contributed by atoms with Gasteiger partial charge in [-0.1, -0.05) is 168 Å². The van der Waals surface area contributed by atoms with Gasteiger partial charge in [0.05, 0.1) is 9.79 Å². The molecule has 0 aromatic heterocycles. The maximum atomic E-state index is 11.5. The predicted octanol–water partition coefficient (Wildman–Crippen LogP) is 19.0. The SMILES string of the molecule is CC(C)CC1(C(C)C)Oc2cc3c4c(cc(O)c3cc2S1)C1(CCC(C)(C)CC1)c1ccccc1-4.CCC1(CC)CCC2(CC1)c1ccccc1-c1c2cc(O)c2cc3c(cc12)OC(C(C)C)(C(C)C)S3. The number of ether oxygens (including phenoxy) is 2. The Morgan fingerprint density at radius 3 is 1.41 bits per heavy atom. The van der Waals surface area contributed by atoms with Gasteiger partial charge in [-0.3, -0.25) is 0 Å². The first-order valence-corrected chi connectivity index (χ1v) is 29.0. The van der Waals surface area contributed by atoms with Gasteiger partial charge in [-0.05, 0) is 166 Å². The molecule has 2 saturated carbocycles. The van der Waals surface area contributed by atoms with E-state index in [1.807, 2.05) is 23.5 Å². The molecule has 6 aromatic carbocycles. The molecule has 4 nitrogen and oxygen atoms in total. The summed E-state index contributed by atoms with van der Waals surface area (Å²) in [5, 5.41) is 27.0. The second-order valence-electron chi connectivity index (χ2n) is 25.0. The molecule has 12 rings (SSSR count). The summed E-state index contributed by atoms with van der Waals surface area (Å²) >= 11 is 3.69. The van der Waals surface area contributed by atoms with Crippen molar-refractivity contribution in [2.75, 3.05) is 0 Å². The van der Waals surface area contributed by atoms with Crippen LogP contribution in [-0.4, -0.2) is 20.1 Å². The number of hydrogen-bond donors (Lipinski definition) is 2. The third-order valence-electron chi connectivity index (χ3n) is 19.2. The van der Waals surface area contributed by atoms with Crippen molar-refractivity contribution in [1.29, 1.82) is 0 Å². The highest BCUT2D eigenvalue weighted by molar-refractivity contribution is 8.01. The number of thioether (sulfide) groups is 2. The van der Waals surface area contributed by atoms with Crippen LogP contribution in [-0.2, 0) is 10.8 Å². The zero-order valence-electron chi connectivity index (χ0n) is 44.7. The number of benzene rings is 6. The summed E-state index contributed by atoms with van der Waals surface area (Å²) in [6.07, 6.45) is 13.0. The Kier molecular flexibility index (Phi) is 11.8. The number of phenols is 2. The maximum absolute atomic E-state index is 11.5. The van der Waals surface area contributed by atoms with E-state index in [1.165, 1.54) is 83.0 Å². The summed E-state index contributed by atoms with van der Waals surface area (Å²) in [6, 6.07) is 31.1. The Morgan fingerprint density at radius 2 is 0.958 bits per heavy atom. The number of fused-ring (bicyclic) bond motifs is 16. The van der Waals surface area contributed by atoms with E-state index in [0.29, 0.717) is 46.0 Å². The standard InChI is InChI=1S/C33H40O2S.C32H38O2S/c1-7-31(8-2)13-15-32(16-14-31)25-12-10-9-11-22(25)30-24-17-28-29(18-23(24)27(34)19-26(30)32)36-33(35-28,20(3)4)21(5)6;1-19(2)18-32(20(3)4)34-27-15-23-22(16-28(27)35-32)26(33)17-25-29(23)21-9-7-8-10-24(21)31(25)13-11-30(5,6)12-14-31/h9-12,17-21,34H,7-8,13-16H2,1-6H3;7-10,15-17,19-20,33H,11-14,18H2,1-6H3. The van der Waals surface area contributed by atoms with Crippen LogP contribution in [0.25, 0.3) is 43.8 Å². The number of aromatic hydroxyl groups is 2. The highest BCUT2D eigenvalue weighted by Gasteiger charge is 2.52. The van der Waals surface area contributed by atoms with E-state index in [-0.39, 0.29) is 20.7 Å². The minimum Gasteiger partial charge on any atom is -0.507 e. The molecule has 0 radical (unpaired) electrons. The maximum Gasteiger partial charge on any atom is 0.163 e. The van der Waals surface area contributed by atoms with Crippen LogP contribution in [0.4, 0.5) is 0 Å². The van der Waals surface area contributed by atoms with Crippen LogP contribution in [0.2, 0.25) is 0 Å². The summed E-state index contributed by atoms with van der Waals surface area (Å²) in [6.45, 7) is 27.6. The van der Waals surface area contributed by atoms with Crippen molar-refractivity contribution in [1.82, 2.24) is 0 Å². The average molecular weight is 987 g/mol. The van der Waals surface area contributed by atoms with Gasteiger partial charge in [0, 0.05) is 39.4 Å². The molecule has 4 aliphatic carbocycles. The van der Waals surface area contributed by atoms with E-state index in [0.717, 1.165) is 74.9 Å². The van der Waals surface area contributed by atoms with Gasteiger partial charge >= 0.3 is 0 Å². The monoisotopic (exact) mass is 987 g/mol. The van der Waals surface area contributed by atoms with Gasteiger partial charge in [0.15, 0.2) is 9.87 Å². The van der Waals surface area contributed by atoms with Crippen molar-refractivity contribution >= 4 is 45.1 Å². The quantitative estimate of drug-likeness (QED) is 0.166. The largest absolute Gasteiger partial charge is 0.507 e. The Balaban J connectivity index is 0.000000154. The Bertz CT molecular complexity index is 3070. The van der Waals surface area contributed by atoms with E-state index < -0.39 is 0 Å². The zero-order chi connectivity index (χ0) is 50.2. The summed E-state index contributed by atoms with van der Waals surface area (Å²) in [7, 11) is 0. The van der Waals surface area contributed by atoms with E-state index in [4.69, 9.17) is 9.47 Å². The molecule has 6 aliphatic rings. The van der Waals surface area contributed by atoms with E-state index >= 15 is 0 Å². The van der Waals surface area contributed by atoms with Crippen molar-refractivity contribution in [2.45, 2.75) is 184 Å². The molecule has 2 fully saturated rings. The molecule has 0 bridgehead atoms. The van der Waals surface area contributed by atoms with Gasteiger partial charge in [-0.25, -0.2) is 0 Å². The molecule has 1 unspecified atom stereocenters. The molecule has 374 valence electrons. The third kappa shape index (κ3) is 7.34. The molecule has 0 amide bonds. The normalized spacial score (nSPS) is 22.0. The van der Waals surface area contributed by atoms with E-state index in [2.05, 4.69) is 168 Å². The van der Waals surface area contributed by atoms with Gasteiger partial charge < -0.3 is 19.7 Å². The first-order chi connectivity index (χ1) is 33.8. The molecule has 6 aromatic rings. The first kappa shape index (κ1) is 49.0. The summed E-state index contributed by atoms with van der Waals surface area (Å²) in [5.74, 6) is 4.46. The summed E-state index contributed by atoms with van der Waals surface area (Å²) < 4.78 is 13.6. The average Bonchev–Trinajstić information content (AvgIpc) is 4.06. The number of rotatable bonds is 7. The predicted molar refractivity (Wildman–Crippen MR) is 300 cm³/mol. The molecule has 71 heavy (non-hydrogen) atoms. The Hall–Kier alpha value is -4.26. The van der Waals surface area contributed by atoms with Crippen LogP contribution in [0, 0.1) is 34.5 Å². The molecule has 0 saturated heterocycles. The third-order valence-corrected chi connectivity index (χ3v) is 22.7. The van der Waals surface area contributed by atoms with Crippen molar-refractivity contribution in [2.24, 2.45) is 34.5 Å². The Morgan fingerprint density at radius 1 is 0.507 bits per heavy atom. The van der Waals surface area contributed by atoms with Crippen molar-refractivity contribution in [3.8, 4) is 45.3 Å². The molecule has 2 N–H and O–H groups in total. The summed E-state index contributed by atoms with van der Waals surface area (Å²) in [4.78, 5) is 1.78. The lowest BCUT2D eigenvalue weighted by Crippen LogP contribution is -2.40. The molecular formula is C65H78O4S2. The van der Waals surface area contributed by atoms with Gasteiger partial charge in [-0.15, -0.1) is 0 Å². The highest BCUT2D eigenvalue weighted by atomic mass is 32.2. The Labute approximate surface area is 433 Å². The van der Waals surface area contributed by atoms with Crippen molar-refractivity contribution in [3.63, 3.8) is 0 Å². The molecule has 2 heterocycles. The smallest absolute Gasteiger partial charge is 0.163 e. The van der Waals surface area contributed by atoms with E-state index in [1.54, 1.807) is 0 Å². The fourth-order valence-electron chi connectivity index (χ4n) is 14.6. The zero-order valence-corrected chi connectivity index (χ0v) is 46.3. The molecule has 2 aliphatic heterocycles. The topological polar surface area (TPSA) is 58.9 Å². The molecular weight excluding hydrogens is 909 g/mol. The fourth-order valence-corrected chi connectivity index (χ4v) is 17.5. The number of hydrogen-bond acceptors (Lipinski definition) is 6. The molecule has 2 spiro atoms. The van der Waals surface area contributed by atoms with Crippen LogP contribution in [0.15, 0.2) is 94.7 Å². The first-order valence-electron chi connectivity index (χ1n) is 27.4. The summed E-state index contributed by atoms with van der Waals surface area (Å²) in [5.41, 5.74) is 11.7. The second kappa shape index (κ2) is 17.2. The number of phenolic OH excluding ortho intramolecular Hbond substituents is 2. The second-order valence-corrected chi connectivity index (χ2v) is 27.6. The lowest BCUT2D eigenvalue weighted by molar-refractivity contribution is 0.0757. The fraction of sp³-hybridized carbons (Fsp3) is 0.508. The van der Waals surface area contributed by atoms with Crippen LogP contribution >= 0.6 is 23.5 Å². The van der Waals surface area contributed by atoms with Crippen LogP contribution in [0.5, 0.6) is 23.0 Å². The van der Waals surface area contributed by atoms with Gasteiger partial charge in [-0.2, -0.15) is 0 Å². The lowest BCUT2D eigenvalue weighted by Gasteiger charge is -2.45. The van der Waals surface area contributed by atoms with Crippen molar-refractivity contribution < 1.29 is 19.7 Å². The van der Waals surface area contributed by atoms with Crippen LogP contribution in [0.3, 0.4) is 0 Å². The van der Waals surface area contributed by atoms with Gasteiger partial charge in [0.1, 0.15) is 23.0 Å². The minimum absolute atomic E-state index is 0.000316. The van der Waals surface area contributed by atoms with Crippen LogP contribution in [0.1, 0.15) is 176 Å². The van der Waals surface area contributed by atoms with Crippen molar-refractivity contribution in [3.05, 3.63) is 107 Å². The van der Waals surface area contributed by atoms with Crippen LogP contribution < -0.4 is 9.47 Å². The van der Waals surface area contributed by atoms with E-state index in [9.17, 15) is 10.2 Å². The lowest BCUT2D eigenvalue weighted by atomic mass is 9.58.